The van der Waals surface area contributed by atoms with Crippen LogP contribution in [0.4, 0.5) is 0 Å². The third-order valence-electron chi connectivity index (χ3n) is 1.21. The van der Waals surface area contributed by atoms with Crippen LogP contribution in [0.1, 0.15) is 12.8 Å². The lowest BCUT2D eigenvalue weighted by molar-refractivity contribution is -0.137. The summed E-state index contributed by atoms with van der Waals surface area (Å²) in [5, 5.41) is 16.9. The summed E-state index contributed by atoms with van der Waals surface area (Å²) in [6, 6.07) is 0. The molecule has 14 heavy (non-hydrogen) atoms. The van der Waals surface area contributed by atoms with E-state index in [1.54, 1.807) is 0 Å². The number of rotatable bonds is 6. The second-order valence-electron chi connectivity index (χ2n) is 2.27. The molecule has 0 aromatic heterocycles. The van der Waals surface area contributed by atoms with Crippen molar-refractivity contribution in [2.75, 3.05) is 11.5 Å². The van der Waals surface area contributed by atoms with Crippen molar-refractivity contribution < 1.29 is 19.8 Å². The molecule has 0 rings (SSSR count). The molecule has 0 amide bonds. The molecule has 0 bridgehead atoms. The van der Waals surface area contributed by atoms with Crippen LogP contribution in [-0.4, -0.2) is 33.7 Å². The Labute approximate surface area is 94.3 Å². The van der Waals surface area contributed by atoms with E-state index in [-0.39, 0.29) is 22.3 Å². The van der Waals surface area contributed by atoms with Crippen molar-refractivity contribution in [2.45, 2.75) is 12.8 Å². The molecule has 82 valence electrons. The third kappa shape index (κ3) is 8.54. The van der Waals surface area contributed by atoms with Gasteiger partial charge in [0.25, 0.3) is 0 Å². The van der Waals surface area contributed by atoms with Gasteiger partial charge >= 0.3 is 11.9 Å². The van der Waals surface area contributed by atoms with Crippen molar-refractivity contribution >= 4 is 50.3 Å². The summed E-state index contributed by atoms with van der Waals surface area (Å²) in [7, 11) is 2.28. The second kappa shape index (κ2) is 8.27. The molecule has 0 fully saturated rings. The first-order chi connectivity index (χ1) is 6.56. The lowest BCUT2D eigenvalue weighted by atomic mass is 10.5. The largest absolute Gasteiger partial charge is 0.481 e. The molecule has 4 nitrogen and oxygen atoms in total. The van der Waals surface area contributed by atoms with Gasteiger partial charge in [-0.1, -0.05) is 0 Å². The van der Waals surface area contributed by atoms with Gasteiger partial charge in [0, 0.05) is 11.5 Å². The fraction of sp³-hybridized carbons (Fsp3) is 0.667. The van der Waals surface area contributed by atoms with Crippen LogP contribution in [0.25, 0.3) is 0 Å². The van der Waals surface area contributed by atoms with Crippen LogP contribution in [-0.2, 0) is 48.0 Å². The van der Waals surface area contributed by atoms with Crippen molar-refractivity contribution in [3.63, 3.8) is 0 Å². The highest BCUT2D eigenvalue weighted by atomic mass is 33.2. The first-order valence-electron chi connectivity index (χ1n) is 3.64. The van der Waals surface area contributed by atoms with Crippen LogP contribution in [0, 0.1) is 0 Å². The predicted molar refractivity (Wildman–Crippen MR) is 63.7 cm³/mol. The van der Waals surface area contributed by atoms with Gasteiger partial charge in [-0.15, -0.1) is 9.45 Å². The number of aliphatic carboxylic acids is 2. The van der Waals surface area contributed by atoms with Crippen molar-refractivity contribution in [3.05, 3.63) is 0 Å². The molecule has 0 spiro atoms. The maximum Gasteiger partial charge on any atom is 0.304 e. The fourth-order valence-corrected chi connectivity index (χ4v) is 7.03. The molecule has 0 saturated carbocycles. The maximum absolute atomic E-state index is 10.3. The van der Waals surface area contributed by atoms with Crippen molar-refractivity contribution in [2.24, 2.45) is 0 Å². The zero-order valence-corrected chi connectivity index (χ0v) is 10.4. The summed E-state index contributed by atoms with van der Waals surface area (Å²) in [5.41, 5.74) is 0. The highest BCUT2D eigenvalue weighted by Crippen LogP contribution is 1.93. The van der Waals surface area contributed by atoms with Gasteiger partial charge in [0.05, 0.1) is 12.8 Å². The fourth-order valence-electron chi connectivity index (χ4n) is 0.612. The first kappa shape index (κ1) is 13.9. The topological polar surface area (TPSA) is 74.6 Å². The Hall–Kier alpha value is -0.0500. The van der Waals surface area contributed by atoms with Gasteiger partial charge in [0.15, 0.2) is 0 Å². The Bertz CT molecular complexity index is 294. The molecule has 0 radical (unpaired) electrons. The SMILES string of the molecule is O=C(O)CCS(CCC(=O)O)=S=S=S. The Morgan fingerprint density at radius 3 is 1.86 bits per heavy atom. The van der Waals surface area contributed by atoms with E-state index in [4.69, 9.17) is 10.2 Å². The van der Waals surface area contributed by atoms with Crippen LogP contribution in [0.2, 0.25) is 0 Å². The Morgan fingerprint density at radius 1 is 1.14 bits per heavy atom. The number of hydrogen-bond acceptors (Lipinski definition) is 3. The Balaban J connectivity index is 4.18. The van der Waals surface area contributed by atoms with Gasteiger partial charge in [-0.3, -0.25) is 9.59 Å². The molecule has 8 heteroatoms. The molecule has 0 aromatic rings. The number of carbonyl (C=O) groups is 2. The quantitative estimate of drug-likeness (QED) is 0.714. The second-order valence-corrected chi connectivity index (χ2v) is 8.92. The summed E-state index contributed by atoms with van der Waals surface area (Å²) in [4.78, 5) is 20.6. The molecule has 0 heterocycles. The van der Waals surface area contributed by atoms with E-state index in [9.17, 15) is 9.59 Å². The van der Waals surface area contributed by atoms with E-state index in [2.05, 4.69) is 11.2 Å². The Morgan fingerprint density at radius 2 is 1.57 bits per heavy atom. The average molecular weight is 274 g/mol. The minimum atomic E-state index is -0.854. The molecule has 0 aromatic carbocycles. The average Bonchev–Trinajstić information content (AvgIpc) is 2.09. The van der Waals surface area contributed by atoms with E-state index in [0.717, 1.165) is 8.88 Å². The van der Waals surface area contributed by atoms with Gasteiger partial charge in [-0.05, 0) is 28.9 Å². The molecule has 0 unspecified atom stereocenters. The van der Waals surface area contributed by atoms with Crippen molar-refractivity contribution in [1.29, 1.82) is 0 Å². The molecule has 0 aliphatic heterocycles. The Kier molecular flexibility index (Phi) is 8.24. The lowest BCUT2D eigenvalue weighted by Crippen LogP contribution is -2.10. The minimum absolute atomic E-state index is 0.0750. The summed E-state index contributed by atoms with van der Waals surface area (Å²) in [6.07, 6.45) is 0.150. The van der Waals surface area contributed by atoms with E-state index in [1.165, 1.54) is 8.88 Å². The number of carboxylic acids is 2. The van der Waals surface area contributed by atoms with E-state index in [1.807, 2.05) is 0 Å². The normalized spacial score (nSPS) is 9.79. The standard InChI is InChI=1S/C6H10O4S4/c7-5(8)1-3-14(13-12-11)4-2-6(9)10/h1-4H2,(H,7,8)(H,9,10). The number of hydrogen-bond donors (Lipinski definition) is 2. The molecule has 2 N–H and O–H groups in total. The molecule has 0 atom stereocenters. The van der Waals surface area contributed by atoms with Crippen LogP contribution < -0.4 is 0 Å². The molecular formula is C6H10O4S4. The van der Waals surface area contributed by atoms with Gasteiger partial charge in [-0.2, -0.15) is 0 Å². The lowest BCUT2D eigenvalue weighted by Gasteiger charge is -2.00. The molecular weight excluding hydrogens is 264 g/mol. The summed E-state index contributed by atoms with van der Waals surface area (Å²) >= 11 is 4.68. The molecule has 0 aliphatic carbocycles. The van der Waals surface area contributed by atoms with E-state index in [0.29, 0.717) is 11.5 Å². The summed E-state index contributed by atoms with van der Waals surface area (Å²) in [5.74, 6) is -0.714. The minimum Gasteiger partial charge on any atom is -0.481 e. The molecule has 0 aliphatic rings. The van der Waals surface area contributed by atoms with Crippen LogP contribution in [0.5, 0.6) is 0 Å². The first-order valence-corrected chi connectivity index (χ1v) is 8.79. The zero-order chi connectivity index (χ0) is 11.0. The third-order valence-corrected chi connectivity index (χ3v) is 8.25. The molecule has 0 saturated heterocycles. The maximum atomic E-state index is 10.3. The van der Waals surface area contributed by atoms with Crippen LogP contribution in [0.3, 0.4) is 0 Å². The predicted octanol–water partition coefficient (Wildman–Crippen LogP) is 0.0112. The summed E-state index contributed by atoms with van der Waals surface area (Å²) in [6.45, 7) is 0. The van der Waals surface area contributed by atoms with E-state index < -0.39 is 11.9 Å². The highest BCUT2D eigenvalue weighted by Gasteiger charge is 2.03. The van der Waals surface area contributed by atoms with Crippen molar-refractivity contribution in [3.8, 4) is 0 Å². The smallest absolute Gasteiger partial charge is 0.304 e. The van der Waals surface area contributed by atoms with Crippen LogP contribution in [0.15, 0.2) is 0 Å². The highest BCUT2D eigenvalue weighted by molar-refractivity contribution is 8.58. The van der Waals surface area contributed by atoms with Gasteiger partial charge in [0.1, 0.15) is 0 Å². The summed E-state index contributed by atoms with van der Waals surface area (Å²) < 4.78 is 0. The monoisotopic (exact) mass is 274 g/mol. The van der Waals surface area contributed by atoms with Gasteiger partial charge in [0.2, 0.25) is 0 Å². The van der Waals surface area contributed by atoms with Crippen molar-refractivity contribution in [1.82, 2.24) is 0 Å². The zero-order valence-electron chi connectivity index (χ0n) is 7.17. The number of carboxylic acid groups (broad SMARTS) is 2. The van der Waals surface area contributed by atoms with Gasteiger partial charge in [-0.25, -0.2) is 0 Å². The van der Waals surface area contributed by atoms with Crippen LogP contribution >= 0.6 is 0 Å². The van der Waals surface area contributed by atoms with E-state index >= 15 is 0 Å². The van der Waals surface area contributed by atoms with Gasteiger partial charge < -0.3 is 10.2 Å².